The summed E-state index contributed by atoms with van der Waals surface area (Å²) >= 11 is 0. The molecule has 1 aromatic rings. The third-order valence-corrected chi connectivity index (χ3v) is 3.79. The largest absolute Gasteiger partial charge is 0.0584 e. The third kappa shape index (κ3) is 1.47. The van der Waals surface area contributed by atoms with Crippen LogP contribution in [0.1, 0.15) is 60.8 Å². The van der Waals surface area contributed by atoms with Crippen molar-refractivity contribution in [2.75, 3.05) is 0 Å². The van der Waals surface area contributed by atoms with Crippen molar-refractivity contribution < 1.29 is 0 Å². The second-order valence-electron chi connectivity index (χ2n) is 4.94. The molecule has 0 radical (unpaired) electrons. The summed E-state index contributed by atoms with van der Waals surface area (Å²) in [5.74, 6) is 1.53. The monoisotopic (exact) mass is 188 g/mol. The molecule has 2 rings (SSSR count). The lowest BCUT2D eigenvalue weighted by Crippen LogP contribution is -2.11. The van der Waals surface area contributed by atoms with E-state index in [1.165, 1.54) is 24.0 Å². The van der Waals surface area contributed by atoms with Gasteiger partial charge in [0.05, 0.1) is 0 Å². The summed E-state index contributed by atoms with van der Waals surface area (Å²) in [6.45, 7) is 9.17. The zero-order valence-corrected chi connectivity index (χ0v) is 9.72. The minimum absolute atomic E-state index is 0.764. The molecule has 1 aliphatic carbocycles. The van der Waals surface area contributed by atoms with Crippen molar-refractivity contribution in [3.63, 3.8) is 0 Å². The van der Waals surface area contributed by atoms with Gasteiger partial charge in [-0.3, -0.25) is 0 Å². The summed E-state index contributed by atoms with van der Waals surface area (Å²) < 4.78 is 0. The number of rotatable bonds is 0. The van der Waals surface area contributed by atoms with Gasteiger partial charge in [-0.2, -0.15) is 0 Å². The highest BCUT2D eigenvalue weighted by Crippen LogP contribution is 2.39. The SMILES string of the molecule is Cc1cc2c(cc1C)[C@@H](C)CC[C@@H]2C. The van der Waals surface area contributed by atoms with Gasteiger partial charge in [-0.1, -0.05) is 26.0 Å². The van der Waals surface area contributed by atoms with Crippen molar-refractivity contribution in [2.45, 2.75) is 52.4 Å². The first kappa shape index (κ1) is 9.76. The third-order valence-electron chi connectivity index (χ3n) is 3.79. The van der Waals surface area contributed by atoms with Crippen LogP contribution in [-0.2, 0) is 0 Å². The molecule has 0 saturated heterocycles. The summed E-state index contributed by atoms with van der Waals surface area (Å²) in [4.78, 5) is 0. The molecule has 0 nitrogen and oxygen atoms in total. The quantitative estimate of drug-likeness (QED) is 0.569. The number of aryl methyl sites for hydroxylation is 2. The van der Waals surface area contributed by atoms with Crippen LogP contribution in [0.5, 0.6) is 0 Å². The lowest BCUT2D eigenvalue weighted by Gasteiger charge is -2.28. The molecule has 0 heterocycles. The molecule has 76 valence electrons. The number of hydrogen-bond donors (Lipinski definition) is 0. The van der Waals surface area contributed by atoms with Gasteiger partial charge in [-0.15, -0.1) is 0 Å². The van der Waals surface area contributed by atoms with Crippen LogP contribution in [0.25, 0.3) is 0 Å². The van der Waals surface area contributed by atoms with Crippen LogP contribution in [-0.4, -0.2) is 0 Å². The van der Waals surface area contributed by atoms with E-state index in [1.807, 2.05) is 0 Å². The maximum absolute atomic E-state index is 2.41. The zero-order valence-electron chi connectivity index (χ0n) is 9.72. The van der Waals surface area contributed by atoms with Gasteiger partial charge in [-0.05, 0) is 60.8 Å². The van der Waals surface area contributed by atoms with E-state index < -0.39 is 0 Å². The minimum atomic E-state index is 0.764. The molecule has 0 aromatic heterocycles. The Kier molecular flexibility index (Phi) is 2.38. The van der Waals surface area contributed by atoms with Crippen LogP contribution in [0, 0.1) is 13.8 Å². The fourth-order valence-electron chi connectivity index (χ4n) is 2.53. The van der Waals surface area contributed by atoms with E-state index in [1.54, 1.807) is 11.1 Å². The Labute approximate surface area is 87.3 Å². The van der Waals surface area contributed by atoms with Crippen LogP contribution >= 0.6 is 0 Å². The van der Waals surface area contributed by atoms with E-state index >= 15 is 0 Å². The Balaban J connectivity index is 2.56. The molecule has 0 aliphatic heterocycles. The molecule has 0 heteroatoms. The first-order chi connectivity index (χ1) is 6.59. The second-order valence-corrected chi connectivity index (χ2v) is 4.94. The van der Waals surface area contributed by atoms with Crippen LogP contribution in [0.15, 0.2) is 12.1 Å². The molecule has 1 aromatic carbocycles. The molecule has 0 saturated carbocycles. The summed E-state index contributed by atoms with van der Waals surface area (Å²) in [7, 11) is 0. The summed E-state index contributed by atoms with van der Waals surface area (Å²) in [6, 6.07) is 4.82. The van der Waals surface area contributed by atoms with Gasteiger partial charge in [0.15, 0.2) is 0 Å². The van der Waals surface area contributed by atoms with Crippen LogP contribution in [0.2, 0.25) is 0 Å². The van der Waals surface area contributed by atoms with Crippen LogP contribution < -0.4 is 0 Å². The van der Waals surface area contributed by atoms with E-state index in [-0.39, 0.29) is 0 Å². The fraction of sp³-hybridized carbons (Fsp3) is 0.571. The molecule has 2 atom stereocenters. The van der Waals surface area contributed by atoms with Crippen molar-refractivity contribution in [3.8, 4) is 0 Å². The zero-order chi connectivity index (χ0) is 10.3. The minimum Gasteiger partial charge on any atom is -0.0584 e. The predicted octanol–water partition coefficient (Wildman–Crippen LogP) is 4.30. The topological polar surface area (TPSA) is 0 Å². The molecule has 1 aliphatic rings. The Bertz CT molecular complexity index is 314. The molecule has 0 unspecified atom stereocenters. The van der Waals surface area contributed by atoms with Crippen molar-refractivity contribution in [1.82, 2.24) is 0 Å². The Morgan fingerprint density at radius 2 is 1.21 bits per heavy atom. The maximum atomic E-state index is 2.41. The Morgan fingerprint density at radius 3 is 1.57 bits per heavy atom. The van der Waals surface area contributed by atoms with Crippen molar-refractivity contribution >= 4 is 0 Å². The summed E-state index contributed by atoms with van der Waals surface area (Å²) in [5.41, 5.74) is 6.10. The lowest BCUT2D eigenvalue weighted by molar-refractivity contribution is 0.526. The second kappa shape index (κ2) is 3.42. The first-order valence-corrected chi connectivity index (χ1v) is 5.70. The normalized spacial score (nSPS) is 26.0. The standard InChI is InChI=1S/C14H20/c1-9-5-6-10(2)14-8-12(4)11(3)7-13(9)14/h7-10H,5-6H2,1-4H3/t9-,10-/m0/s1. The maximum Gasteiger partial charge on any atom is -0.0187 e. The molecular formula is C14H20. The average Bonchev–Trinajstić information content (AvgIpc) is 2.15. The highest BCUT2D eigenvalue weighted by molar-refractivity contribution is 5.42. The molecule has 14 heavy (non-hydrogen) atoms. The van der Waals surface area contributed by atoms with Crippen molar-refractivity contribution in [2.24, 2.45) is 0 Å². The average molecular weight is 188 g/mol. The van der Waals surface area contributed by atoms with Gasteiger partial charge in [-0.25, -0.2) is 0 Å². The number of hydrogen-bond acceptors (Lipinski definition) is 0. The van der Waals surface area contributed by atoms with Gasteiger partial charge < -0.3 is 0 Å². The molecule has 0 bridgehead atoms. The van der Waals surface area contributed by atoms with Gasteiger partial charge in [0.1, 0.15) is 0 Å². The van der Waals surface area contributed by atoms with Gasteiger partial charge in [0.2, 0.25) is 0 Å². The Morgan fingerprint density at radius 1 is 0.857 bits per heavy atom. The highest BCUT2D eigenvalue weighted by atomic mass is 14.3. The van der Waals surface area contributed by atoms with Gasteiger partial charge in [0.25, 0.3) is 0 Å². The van der Waals surface area contributed by atoms with E-state index in [0.29, 0.717) is 0 Å². The summed E-state index contributed by atoms with van der Waals surface area (Å²) in [5, 5.41) is 0. The number of fused-ring (bicyclic) bond motifs is 1. The lowest BCUT2D eigenvalue weighted by atomic mass is 9.77. The fourth-order valence-corrected chi connectivity index (χ4v) is 2.53. The molecular weight excluding hydrogens is 168 g/mol. The Hall–Kier alpha value is -0.780. The van der Waals surface area contributed by atoms with Crippen LogP contribution in [0.4, 0.5) is 0 Å². The van der Waals surface area contributed by atoms with Gasteiger partial charge in [0, 0.05) is 0 Å². The molecule has 0 amide bonds. The van der Waals surface area contributed by atoms with Gasteiger partial charge >= 0.3 is 0 Å². The predicted molar refractivity (Wildman–Crippen MR) is 62.0 cm³/mol. The van der Waals surface area contributed by atoms with Crippen molar-refractivity contribution in [1.29, 1.82) is 0 Å². The number of benzene rings is 1. The van der Waals surface area contributed by atoms with E-state index in [9.17, 15) is 0 Å². The van der Waals surface area contributed by atoms with E-state index in [2.05, 4.69) is 39.8 Å². The first-order valence-electron chi connectivity index (χ1n) is 5.70. The molecule has 0 spiro atoms. The smallest absolute Gasteiger partial charge is 0.0187 e. The molecule has 0 fully saturated rings. The van der Waals surface area contributed by atoms with E-state index in [4.69, 9.17) is 0 Å². The van der Waals surface area contributed by atoms with Crippen molar-refractivity contribution in [3.05, 3.63) is 34.4 Å². The summed E-state index contributed by atoms with van der Waals surface area (Å²) in [6.07, 6.45) is 2.72. The highest BCUT2D eigenvalue weighted by Gasteiger charge is 2.22. The van der Waals surface area contributed by atoms with E-state index in [0.717, 1.165) is 11.8 Å². The van der Waals surface area contributed by atoms with Crippen LogP contribution in [0.3, 0.4) is 0 Å². The molecule has 0 N–H and O–H groups in total.